The van der Waals surface area contributed by atoms with Gasteiger partial charge in [0.15, 0.2) is 0 Å². The van der Waals surface area contributed by atoms with E-state index in [9.17, 15) is 0 Å². The number of fused-ring (bicyclic) bond motifs is 1. The molecule has 19 heavy (non-hydrogen) atoms. The third-order valence-electron chi connectivity index (χ3n) is 4.24. The Bertz CT molecular complexity index is 421. The van der Waals surface area contributed by atoms with Gasteiger partial charge in [-0.2, -0.15) is 11.8 Å². The smallest absolute Gasteiger partial charge is 0.0108 e. The predicted molar refractivity (Wildman–Crippen MR) is 87.5 cm³/mol. The Morgan fingerprint density at radius 3 is 3.11 bits per heavy atom. The van der Waals surface area contributed by atoms with Gasteiger partial charge in [-0.1, -0.05) is 25.1 Å². The minimum atomic E-state index is 0.721. The quantitative estimate of drug-likeness (QED) is 0.876. The van der Waals surface area contributed by atoms with Crippen LogP contribution in [0.1, 0.15) is 37.7 Å². The molecular formula is C16H23NS2. The molecule has 0 amide bonds. The molecule has 1 N–H and O–H groups in total. The van der Waals surface area contributed by atoms with Gasteiger partial charge in [0.1, 0.15) is 0 Å². The topological polar surface area (TPSA) is 12.0 Å². The molecule has 1 saturated carbocycles. The van der Waals surface area contributed by atoms with E-state index in [1.54, 1.807) is 5.56 Å². The van der Waals surface area contributed by atoms with Gasteiger partial charge in [-0.15, -0.1) is 11.8 Å². The van der Waals surface area contributed by atoms with E-state index < -0.39 is 0 Å². The highest BCUT2D eigenvalue weighted by Crippen LogP contribution is 2.39. The van der Waals surface area contributed by atoms with E-state index in [2.05, 4.69) is 48.3 Å². The zero-order valence-corrected chi connectivity index (χ0v) is 13.2. The number of nitrogens with one attached hydrogen (secondary N) is 1. The van der Waals surface area contributed by atoms with Crippen molar-refractivity contribution in [2.24, 2.45) is 0 Å². The standard InChI is InChI=1S/C16H23NS2/c1-2-18-14-8-7-13(9-14)17-10-12-11-19-16-6-4-3-5-15(12)16/h3-6,12-14,17H,2,7-11H2,1H3. The third kappa shape index (κ3) is 3.32. The molecule has 0 bridgehead atoms. The summed E-state index contributed by atoms with van der Waals surface area (Å²) in [5.41, 5.74) is 1.57. The van der Waals surface area contributed by atoms with Crippen molar-refractivity contribution in [3.8, 4) is 0 Å². The summed E-state index contributed by atoms with van der Waals surface area (Å²) in [7, 11) is 0. The van der Waals surface area contributed by atoms with Crippen molar-refractivity contribution in [1.82, 2.24) is 5.32 Å². The molecule has 0 aromatic heterocycles. The van der Waals surface area contributed by atoms with Gasteiger partial charge in [0.25, 0.3) is 0 Å². The lowest BCUT2D eigenvalue weighted by Gasteiger charge is -2.17. The van der Waals surface area contributed by atoms with Crippen LogP contribution < -0.4 is 5.32 Å². The van der Waals surface area contributed by atoms with Gasteiger partial charge >= 0.3 is 0 Å². The van der Waals surface area contributed by atoms with Gasteiger partial charge in [-0.05, 0) is 36.6 Å². The summed E-state index contributed by atoms with van der Waals surface area (Å²) in [6.45, 7) is 3.44. The highest BCUT2D eigenvalue weighted by Gasteiger charge is 2.27. The van der Waals surface area contributed by atoms with Crippen molar-refractivity contribution < 1.29 is 0 Å². The van der Waals surface area contributed by atoms with Crippen molar-refractivity contribution in [3.63, 3.8) is 0 Å². The Kier molecular flexibility index (Phi) is 4.78. The maximum absolute atomic E-state index is 3.83. The molecule has 1 aliphatic heterocycles. The van der Waals surface area contributed by atoms with Gasteiger partial charge in [0.05, 0.1) is 0 Å². The SMILES string of the molecule is CCSC1CCC(NCC2CSc3ccccc32)C1. The molecule has 3 heteroatoms. The zero-order valence-electron chi connectivity index (χ0n) is 11.6. The first-order chi connectivity index (χ1) is 9.36. The van der Waals surface area contributed by atoms with Gasteiger partial charge in [0, 0.05) is 34.4 Å². The number of hydrogen-bond donors (Lipinski definition) is 1. The first-order valence-corrected chi connectivity index (χ1v) is 9.47. The molecule has 104 valence electrons. The summed E-state index contributed by atoms with van der Waals surface area (Å²) < 4.78 is 0. The summed E-state index contributed by atoms with van der Waals surface area (Å²) in [4.78, 5) is 1.50. The summed E-state index contributed by atoms with van der Waals surface area (Å²) >= 11 is 4.17. The van der Waals surface area contributed by atoms with Crippen LogP contribution in [0.25, 0.3) is 0 Å². The Balaban J connectivity index is 1.49. The monoisotopic (exact) mass is 293 g/mol. The van der Waals surface area contributed by atoms with Crippen LogP contribution in [0.2, 0.25) is 0 Å². The zero-order chi connectivity index (χ0) is 13.1. The molecule has 0 radical (unpaired) electrons. The third-order valence-corrected chi connectivity index (χ3v) is 6.72. The Morgan fingerprint density at radius 2 is 2.21 bits per heavy atom. The molecule has 0 saturated heterocycles. The van der Waals surface area contributed by atoms with Crippen molar-refractivity contribution in [1.29, 1.82) is 0 Å². The van der Waals surface area contributed by atoms with Crippen LogP contribution in [-0.2, 0) is 0 Å². The second-order valence-corrected chi connectivity index (χ2v) is 8.18. The van der Waals surface area contributed by atoms with E-state index in [4.69, 9.17) is 0 Å². The average Bonchev–Trinajstić information content (AvgIpc) is 3.04. The highest BCUT2D eigenvalue weighted by molar-refractivity contribution is 8.00. The normalized spacial score (nSPS) is 29.6. The lowest BCUT2D eigenvalue weighted by molar-refractivity contribution is 0.503. The van der Waals surface area contributed by atoms with E-state index in [-0.39, 0.29) is 0 Å². The van der Waals surface area contributed by atoms with Crippen LogP contribution in [0.15, 0.2) is 29.2 Å². The molecule has 3 atom stereocenters. The summed E-state index contributed by atoms with van der Waals surface area (Å²) in [5, 5.41) is 4.74. The molecule has 3 unspecified atom stereocenters. The Hall–Kier alpha value is -0.120. The fraction of sp³-hybridized carbons (Fsp3) is 0.625. The van der Waals surface area contributed by atoms with E-state index >= 15 is 0 Å². The van der Waals surface area contributed by atoms with Gasteiger partial charge in [-0.3, -0.25) is 0 Å². The summed E-state index contributed by atoms with van der Waals surface area (Å²) in [6, 6.07) is 9.68. The van der Waals surface area contributed by atoms with Gasteiger partial charge in [0.2, 0.25) is 0 Å². The second kappa shape index (κ2) is 6.55. The van der Waals surface area contributed by atoms with Gasteiger partial charge < -0.3 is 5.32 Å². The van der Waals surface area contributed by atoms with Gasteiger partial charge in [-0.25, -0.2) is 0 Å². The van der Waals surface area contributed by atoms with Crippen molar-refractivity contribution in [2.75, 3.05) is 18.1 Å². The molecule has 1 fully saturated rings. The van der Waals surface area contributed by atoms with E-state index in [0.29, 0.717) is 0 Å². The maximum Gasteiger partial charge on any atom is 0.0108 e. The van der Waals surface area contributed by atoms with Crippen LogP contribution in [0.3, 0.4) is 0 Å². The minimum absolute atomic E-state index is 0.721. The molecular weight excluding hydrogens is 270 g/mol. The molecule has 1 heterocycles. The van der Waals surface area contributed by atoms with Crippen molar-refractivity contribution >= 4 is 23.5 Å². The van der Waals surface area contributed by atoms with Crippen molar-refractivity contribution in [2.45, 2.75) is 48.3 Å². The maximum atomic E-state index is 3.83. The van der Waals surface area contributed by atoms with Crippen LogP contribution in [0.5, 0.6) is 0 Å². The average molecular weight is 294 g/mol. The fourth-order valence-corrected chi connectivity index (χ4v) is 5.62. The molecule has 1 nitrogen and oxygen atoms in total. The first kappa shape index (κ1) is 13.8. The number of hydrogen-bond acceptors (Lipinski definition) is 3. The number of benzene rings is 1. The molecule has 1 aromatic carbocycles. The second-order valence-electron chi connectivity index (χ2n) is 5.54. The van der Waals surface area contributed by atoms with Crippen LogP contribution in [0.4, 0.5) is 0 Å². The summed E-state index contributed by atoms with van der Waals surface area (Å²) in [5.74, 6) is 3.25. The molecule has 3 rings (SSSR count). The molecule has 1 aromatic rings. The van der Waals surface area contributed by atoms with Crippen LogP contribution >= 0.6 is 23.5 Å². The van der Waals surface area contributed by atoms with E-state index in [0.717, 1.165) is 23.8 Å². The molecule has 0 spiro atoms. The van der Waals surface area contributed by atoms with E-state index in [1.165, 1.54) is 35.7 Å². The first-order valence-electron chi connectivity index (χ1n) is 7.43. The fourth-order valence-electron chi connectivity index (χ4n) is 3.22. The van der Waals surface area contributed by atoms with Crippen LogP contribution in [0, 0.1) is 0 Å². The van der Waals surface area contributed by atoms with Crippen molar-refractivity contribution in [3.05, 3.63) is 29.8 Å². The van der Waals surface area contributed by atoms with E-state index in [1.807, 2.05) is 11.8 Å². The lowest BCUT2D eigenvalue weighted by Crippen LogP contribution is -2.31. The molecule has 2 aliphatic rings. The lowest BCUT2D eigenvalue weighted by atomic mass is 10.0. The molecule has 1 aliphatic carbocycles. The Labute approximate surface area is 125 Å². The minimum Gasteiger partial charge on any atom is -0.313 e. The number of rotatable bonds is 5. The van der Waals surface area contributed by atoms with Crippen LogP contribution in [-0.4, -0.2) is 29.3 Å². The largest absolute Gasteiger partial charge is 0.313 e. The summed E-state index contributed by atoms with van der Waals surface area (Å²) in [6.07, 6.45) is 4.16. The highest BCUT2D eigenvalue weighted by atomic mass is 32.2. The predicted octanol–water partition coefficient (Wildman–Crippen LogP) is 4.14. The number of thioether (sulfide) groups is 2. The Morgan fingerprint density at radius 1 is 1.32 bits per heavy atom.